The van der Waals surface area contributed by atoms with Crippen molar-refractivity contribution in [2.45, 2.75) is 19.4 Å². The van der Waals surface area contributed by atoms with Crippen molar-refractivity contribution < 1.29 is 18.4 Å². The van der Waals surface area contributed by atoms with E-state index in [9.17, 15) is 14.0 Å². The van der Waals surface area contributed by atoms with Gasteiger partial charge in [-0.25, -0.2) is 4.39 Å². The summed E-state index contributed by atoms with van der Waals surface area (Å²) in [6, 6.07) is 9.15. The van der Waals surface area contributed by atoms with Crippen LogP contribution >= 0.6 is 0 Å². The molecular formula is C20H24FN3O3. The van der Waals surface area contributed by atoms with Crippen molar-refractivity contribution in [3.8, 4) is 0 Å². The van der Waals surface area contributed by atoms with Gasteiger partial charge in [0, 0.05) is 25.2 Å². The number of carbonyl (C=O) groups excluding carboxylic acids is 2. The second-order valence-corrected chi connectivity index (χ2v) is 6.71. The van der Waals surface area contributed by atoms with Gasteiger partial charge >= 0.3 is 0 Å². The highest BCUT2D eigenvalue weighted by molar-refractivity contribution is 5.94. The van der Waals surface area contributed by atoms with Crippen LogP contribution in [-0.2, 0) is 11.3 Å². The first-order chi connectivity index (χ1) is 13.1. The molecule has 0 aliphatic carbocycles. The first-order valence-corrected chi connectivity index (χ1v) is 9.18. The van der Waals surface area contributed by atoms with Gasteiger partial charge in [-0.15, -0.1) is 0 Å². The van der Waals surface area contributed by atoms with Gasteiger partial charge in [0.2, 0.25) is 5.91 Å². The van der Waals surface area contributed by atoms with Crippen molar-refractivity contribution in [1.29, 1.82) is 0 Å². The number of benzene rings is 1. The number of amides is 2. The number of piperidine rings is 1. The van der Waals surface area contributed by atoms with Crippen LogP contribution in [0.3, 0.4) is 0 Å². The number of carbonyl (C=O) groups is 2. The molecule has 2 N–H and O–H groups in total. The normalized spacial score (nSPS) is 17.4. The lowest BCUT2D eigenvalue weighted by molar-refractivity contribution is -0.126. The van der Waals surface area contributed by atoms with Crippen LogP contribution in [0.1, 0.15) is 29.0 Å². The minimum Gasteiger partial charge on any atom is -0.468 e. The van der Waals surface area contributed by atoms with Gasteiger partial charge in [0.25, 0.3) is 5.91 Å². The molecule has 1 atom stereocenters. The Morgan fingerprint density at radius 3 is 2.67 bits per heavy atom. The Bertz CT molecular complexity index is 746. The Morgan fingerprint density at radius 1 is 1.15 bits per heavy atom. The summed E-state index contributed by atoms with van der Waals surface area (Å²) in [6.45, 7) is 3.06. The number of nitrogens with zero attached hydrogens (tertiary/aromatic N) is 1. The van der Waals surface area contributed by atoms with E-state index >= 15 is 0 Å². The van der Waals surface area contributed by atoms with Crippen molar-refractivity contribution >= 4 is 11.8 Å². The van der Waals surface area contributed by atoms with Gasteiger partial charge < -0.3 is 15.1 Å². The third-order valence-corrected chi connectivity index (χ3v) is 4.65. The summed E-state index contributed by atoms with van der Waals surface area (Å²) >= 11 is 0. The molecule has 0 bridgehead atoms. The standard InChI is InChI=1S/C20H24FN3O3/c21-17-7-5-15(6-8-17)19(25)22-9-10-23-20(26)16-3-1-11-24(13-16)14-18-4-2-12-27-18/h2,4-8,12,16H,1,3,9-11,13-14H2,(H,22,25)(H,23,26)/t16-/m0/s1. The lowest BCUT2D eigenvalue weighted by Crippen LogP contribution is -2.44. The number of likely N-dealkylation sites (tertiary alicyclic amines) is 1. The predicted molar refractivity (Wildman–Crippen MR) is 98.5 cm³/mol. The fraction of sp³-hybridized carbons (Fsp3) is 0.400. The molecule has 2 amide bonds. The Morgan fingerprint density at radius 2 is 1.93 bits per heavy atom. The zero-order chi connectivity index (χ0) is 19.1. The van der Waals surface area contributed by atoms with Crippen molar-refractivity contribution in [2.75, 3.05) is 26.2 Å². The highest BCUT2D eigenvalue weighted by Gasteiger charge is 2.25. The second kappa shape index (κ2) is 9.32. The first-order valence-electron chi connectivity index (χ1n) is 9.18. The fourth-order valence-corrected chi connectivity index (χ4v) is 3.25. The van der Waals surface area contributed by atoms with Crippen molar-refractivity contribution in [3.63, 3.8) is 0 Å². The molecule has 1 aromatic heterocycles. The van der Waals surface area contributed by atoms with Crippen LogP contribution in [0.4, 0.5) is 4.39 Å². The molecule has 1 aromatic carbocycles. The molecule has 6 nitrogen and oxygen atoms in total. The Balaban J connectivity index is 1.37. The molecular weight excluding hydrogens is 349 g/mol. The fourth-order valence-electron chi connectivity index (χ4n) is 3.25. The largest absolute Gasteiger partial charge is 0.468 e. The van der Waals surface area contributed by atoms with E-state index in [1.165, 1.54) is 24.3 Å². The minimum atomic E-state index is -0.382. The van der Waals surface area contributed by atoms with Crippen LogP contribution in [0.25, 0.3) is 0 Å². The zero-order valence-electron chi connectivity index (χ0n) is 15.1. The Labute approximate surface area is 157 Å². The molecule has 0 saturated carbocycles. The predicted octanol–water partition coefficient (Wildman–Crippen LogP) is 2.18. The average molecular weight is 373 g/mol. The second-order valence-electron chi connectivity index (χ2n) is 6.71. The number of rotatable bonds is 7. The molecule has 7 heteroatoms. The van der Waals surface area contributed by atoms with Gasteiger partial charge in [-0.1, -0.05) is 0 Å². The molecule has 0 unspecified atom stereocenters. The molecule has 27 heavy (non-hydrogen) atoms. The molecule has 2 aromatic rings. The summed E-state index contributed by atoms with van der Waals surface area (Å²) in [5, 5.41) is 5.60. The maximum atomic E-state index is 12.9. The number of hydrogen-bond donors (Lipinski definition) is 2. The molecule has 3 rings (SSSR count). The van der Waals surface area contributed by atoms with Gasteiger partial charge in [-0.3, -0.25) is 14.5 Å². The van der Waals surface area contributed by atoms with Crippen molar-refractivity contribution in [3.05, 3.63) is 59.8 Å². The average Bonchev–Trinajstić information content (AvgIpc) is 3.18. The maximum Gasteiger partial charge on any atom is 0.251 e. The monoisotopic (exact) mass is 373 g/mol. The number of hydrogen-bond acceptors (Lipinski definition) is 4. The van der Waals surface area contributed by atoms with Crippen molar-refractivity contribution in [1.82, 2.24) is 15.5 Å². The Kier molecular flexibility index (Phi) is 6.59. The lowest BCUT2D eigenvalue weighted by atomic mass is 9.97. The summed E-state index contributed by atoms with van der Waals surface area (Å²) in [4.78, 5) is 26.5. The third-order valence-electron chi connectivity index (χ3n) is 4.65. The van der Waals surface area contributed by atoms with Crippen LogP contribution in [0.15, 0.2) is 47.1 Å². The molecule has 1 fully saturated rings. The quantitative estimate of drug-likeness (QED) is 0.730. The van der Waals surface area contributed by atoms with E-state index in [0.717, 1.165) is 25.1 Å². The van der Waals surface area contributed by atoms with Crippen LogP contribution in [-0.4, -0.2) is 42.9 Å². The number of halogens is 1. The van der Waals surface area contributed by atoms with Crippen LogP contribution in [0, 0.1) is 11.7 Å². The summed E-state index contributed by atoms with van der Waals surface area (Å²) in [7, 11) is 0. The van der Waals surface area contributed by atoms with Crippen LogP contribution < -0.4 is 10.6 Å². The van der Waals surface area contributed by atoms with Crippen LogP contribution in [0.2, 0.25) is 0 Å². The minimum absolute atomic E-state index is 0.00942. The molecule has 2 heterocycles. The van der Waals surface area contributed by atoms with E-state index in [1.807, 2.05) is 12.1 Å². The molecule has 144 valence electrons. The van der Waals surface area contributed by atoms with Gasteiger partial charge in [0.15, 0.2) is 0 Å². The Hall–Kier alpha value is -2.67. The van der Waals surface area contributed by atoms with E-state index in [2.05, 4.69) is 15.5 Å². The van der Waals surface area contributed by atoms with E-state index in [4.69, 9.17) is 4.42 Å². The van der Waals surface area contributed by atoms with E-state index in [1.54, 1.807) is 6.26 Å². The molecule has 1 saturated heterocycles. The molecule has 0 spiro atoms. The van der Waals surface area contributed by atoms with E-state index in [0.29, 0.717) is 31.7 Å². The van der Waals surface area contributed by atoms with E-state index < -0.39 is 0 Å². The smallest absolute Gasteiger partial charge is 0.251 e. The summed E-state index contributed by atoms with van der Waals surface area (Å²) in [6.07, 6.45) is 3.49. The number of nitrogens with one attached hydrogen (secondary N) is 2. The topological polar surface area (TPSA) is 74.6 Å². The third kappa shape index (κ3) is 5.65. The lowest BCUT2D eigenvalue weighted by Gasteiger charge is -2.31. The SMILES string of the molecule is O=C(NCCNC(=O)[C@H]1CCCN(Cc2ccco2)C1)c1ccc(F)cc1. The molecule has 1 aliphatic heterocycles. The summed E-state index contributed by atoms with van der Waals surface area (Å²) in [5.41, 5.74) is 0.392. The van der Waals surface area contributed by atoms with Gasteiger partial charge in [0.05, 0.1) is 18.7 Å². The van der Waals surface area contributed by atoms with Crippen LogP contribution in [0.5, 0.6) is 0 Å². The highest BCUT2D eigenvalue weighted by Crippen LogP contribution is 2.18. The zero-order valence-corrected chi connectivity index (χ0v) is 15.1. The van der Waals surface area contributed by atoms with E-state index in [-0.39, 0.29) is 23.5 Å². The van der Waals surface area contributed by atoms with Crippen molar-refractivity contribution in [2.24, 2.45) is 5.92 Å². The summed E-state index contributed by atoms with van der Waals surface area (Å²) < 4.78 is 18.2. The van der Waals surface area contributed by atoms with Gasteiger partial charge in [-0.2, -0.15) is 0 Å². The summed E-state index contributed by atoms with van der Waals surface area (Å²) in [5.74, 6) is 0.190. The first kappa shape index (κ1) is 19.1. The number of furan rings is 1. The van der Waals surface area contributed by atoms with Gasteiger partial charge in [-0.05, 0) is 55.8 Å². The maximum absolute atomic E-state index is 12.9. The van der Waals surface area contributed by atoms with Gasteiger partial charge in [0.1, 0.15) is 11.6 Å². The highest BCUT2D eigenvalue weighted by atomic mass is 19.1. The molecule has 0 radical (unpaired) electrons. The molecule has 1 aliphatic rings.